The molecule has 0 amide bonds. The first-order valence-electron chi connectivity index (χ1n) is 13.5. The van der Waals surface area contributed by atoms with Gasteiger partial charge < -0.3 is 20.1 Å². The first kappa shape index (κ1) is 24.9. The molecule has 2 aromatic heterocycles. The molecule has 0 radical (unpaired) electrons. The number of aromatic nitrogens is 4. The molecular formula is C31H28FN5O3. The number of halogens is 1. The highest BCUT2D eigenvalue weighted by Gasteiger charge is 2.74. The van der Waals surface area contributed by atoms with Crippen LogP contribution >= 0.6 is 0 Å². The van der Waals surface area contributed by atoms with Crippen LogP contribution in [-0.4, -0.2) is 53.8 Å². The van der Waals surface area contributed by atoms with Crippen molar-refractivity contribution in [2.24, 2.45) is 11.3 Å². The van der Waals surface area contributed by atoms with Crippen LogP contribution in [0, 0.1) is 35.9 Å². The summed E-state index contributed by atoms with van der Waals surface area (Å²) in [6, 6.07) is 14.6. The van der Waals surface area contributed by atoms with Crippen LogP contribution in [0.2, 0.25) is 0 Å². The molecule has 7 rings (SSSR count). The fourth-order valence-electron chi connectivity index (χ4n) is 6.51. The fraction of sp³-hybridized carbons (Fsp3) is 0.355. The van der Waals surface area contributed by atoms with Crippen LogP contribution in [0.1, 0.15) is 54.2 Å². The second-order valence-electron chi connectivity index (χ2n) is 11.3. The van der Waals surface area contributed by atoms with Crippen LogP contribution in [0.25, 0.3) is 11.2 Å². The first-order valence-corrected chi connectivity index (χ1v) is 13.5. The van der Waals surface area contributed by atoms with Crippen molar-refractivity contribution in [1.29, 1.82) is 0 Å². The zero-order valence-electron chi connectivity index (χ0n) is 22.0. The number of Topliss-reactive ketones (excluding diaryl/α,β-unsaturated/α-hetero) is 1. The molecule has 40 heavy (non-hydrogen) atoms. The van der Waals surface area contributed by atoms with Gasteiger partial charge in [0.2, 0.25) is 5.82 Å². The number of anilines is 1. The lowest BCUT2D eigenvalue weighted by atomic mass is 9.95. The minimum atomic E-state index is -1.14. The van der Waals surface area contributed by atoms with E-state index in [-0.39, 0.29) is 29.4 Å². The smallest absolute Gasteiger partial charge is 0.209 e. The maximum absolute atomic E-state index is 13.7. The summed E-state index contributed by atoms with van der Waals surface area (Å²) >= 11 is 0. The molecule has 8 nitrogen and oxygen atoms in total. The van der Waals surface area contributed by atoms with Crippen LogP contribution in [0.4, 0.5) is 10.2 Å². The number of aliphatic hydroxyl groups excluding tert-OH is 2. The Labute approximate surface area is 230 Å². The maximum atomic E-state index is 13.7. The highest BCUT2D eigenvalue weighted by Crippen LogP contribution is 2.68. The molecule has 4 unspecified atom stereocenters. The van der Waals surface area contributed by atoms with Crippen LogP contribution in [0.5, 0.6) is 0 Å². The Bertz CT molecular complexity index is 1730. The van der Waals surface area contributed by atoms with Crippen LogP contribution in [0.3, 0.4) is 0 Å². The maximum Gasteiger partial charge on any atom is 0.209 e. The third-order valence-corrected chi connectivity index (χ3v) is 8.89. The van der Waals surface area contributed by atoms with Gasteiger partial charge in [0, 0.05) is 17.5 Å². The summed E-state index contributed by atoms with van der Waals surface area (Å²) < 4.78 is 15.5. The SMILES string of the molecule is CC(=O)[C@]12CC1[C@@H](n1cnc3c(NC4CC4c4ccccc4)nc(C#Cc4ccc(F)c(C)c4)nc31)[C@H](O)C2O. The normalized spacial score (nSPS) is 29.9. The van der Waals surface area contributed by atoms with E-state index in [9.17, 15) is 19.4 Å². The quantitative estimate of drug-likeness (QED) is 0.334. The van der Waals surface area contributed by atoms with Crippen LogP contribution in [0.15, 0.2) is 54.9 Å². The number of carbonyl (C=O) groups excluding carboxylic acids is 1. The summed E-state index contributed by atoms with van der Waals surface area (Å²) in [7, 11) is 0. The molecular weight excluding hydrogens is 509 g/mol. The lowest BCUT2D eigenvalue weighted by Gasteiger charge is -2.23. The van der Waals surface area contributed by atoms with E-state index in [4.69, 9.17) is 9.97 Å². The van der Waals surface area contributed by atoms with Gasteiger partial charge in [-0.05, 0) is 67.9 Å². The monoisotopic (exact) mass is 537 g/mol. The average molecular weight is 538 g/mol. The molecule has 202 valence electrons. The van der Waals surface area contributed by atoms with Gasteiger partial charge in [-0.2, -0.15) is 0 Å². The van der Waals surface area contributed by atoms with Crippen molar-refractivity contribution in [2.75, 3.05) is 5.32 Å². The van der Waals surface area contributed by atoms with Crippen molar-refractivity contribution in [3.63, 3.8) is 0 Å². The Morgan fingerprint density at radius 3 is 2.67 bits per heavy atom. The summed E-state index contributed by atoms with van der Waals surface area (Å²) in [6.07, 6.45) is 0.785. The van der Waals surface area contributed by atoms with E-state index in [1.54, 1.807) is 30.0 Å². The Kier molecular flexibility index (Phi) is 5.56. The summed E-state index contributed by atoms with van der Waals surface area (Å²) in [5, 5.41) is 25.3. The summed E-state index contributed by atoms with van der Waals surface area (Å²) in [4.78, 5) is 26.4. The van der Waals surface area contributed by atoms with Crippen LogP contribution < -0.4 is 5.32 Å². The predicted molar refractivity (Wildman–Crippen MR) is 146 cm³/mol. The standard InChI is InChI=1S/C31H28FN5O3/c1-16-12-18(8-10-22(16)32)9-11-24-35-29(34-23-13-20(23)19-6-4-3-5-7-19)25-30(36-24)37(15-33-25)26-21-14-31(21,17(2)38)28(40)27(26)39/h3-8,10,12,15,20-21,23,26-28,39-40H,13-14H2,1-2H3,(H,34,35,36)/t20?,21?,23?,26-,27+,28?,31-/m1/s1. The van der Waals surface area contributed by atoms with Crippen molar-refractivity contribution in [3.8, 4) is 11.8 Å². The summed E-state index contributed by atoms with van der Waals surface area (Å²) in [5.41, 5.74) is 2.46. The van der Waals surface area contributed by atoms with E-state index in [1.165, 1.54) is 18.6 Å². The Morgan fingerprint density at radius 2 is 1.95 bits per heavy atom. The van der Waals surface area contributed by atoms with E-state index in [2.05, 4.69) is 34.3 Å². The zero-order chi connectivity index (χ0) is 27.8. The van der Waals surface area contributed by atoms with Gasteiger partial charge in [0.05, 0.1) is 23.9 Å². The first-order chi connectivity index (χ1) is 19.3. The lowest BCUT2D eigenvalue weighted by Crippen LogP contribution is -2.36. The zero-order valence-corrected chi connectivity index (χ0v) is 22.0. The number of ketones is 1. The van der Waals surface area contributed by atoms with Gasteiger partial charge in [-0.15, -0.1) is 0 Å². The second-order valence-corrected chi connectivity index (χ2v) is 11.3. The number of hydrogen-bond acceptors (Lipinski definition) is 7. The molecule has 3 fully saturated rings. The van der Waals surface area contributed by atoms with Gasteiger partial charge in [-0.25, -0.2) is 19.3 Å². The van der Waals surface area contributed by atoms with Gasteiger partial charge in [0.25, 0.3) is 0 Å². The predicted octanol–water partition coefficient (Wildman–Crippen LogP) is 3.51. The van der Waals surface area contributed by atoms with Gasteiger partial charge in [-0.3, -0.25) is 4.79 Å². The van der Waals surface area contributed by atoms with E-state index >= 15 is 0 Å². The van der Waals surface area contributed by atoms with E-state index in [0.717, 1.165) is 6.42 Å². The van der Waals surface area contributed by atoms with E-state index < -0.39 is 23.7 Å². The third kappa shape index (κ3) is 3.82. The van der Waals surface area contributed by atoms with E-state index in [0.29, 0.717) is 40.4 Å². The number of nitrogens with one attached hydrogen (secondary N) is 1. The molecule has 3 aliphatic carbocycles. The highest BCUT2D eigenvalue weighted by atomic mass is 19.1. The molecule has 3 aliphatic rings. The van der Waals surface area contributed by atoms with Gasteiger partial charge in [0.1, 0.15) is 17.7 Å². The van der Waals surface area contributed by atoms with Crippen molar-refractivity contribution in [2.45, 2.75) is 56.9 Å². The van der Waals surface area contributed by atoms with Gasteiger partial charge >= 0.3 is 0 Å². The van der Waals surface area contributed by atoms with Crippen molar-refractivity contribution in [1.82, 2.24) is 19.5 Å². The van der Waals surface area contributed by atoms with Crippen molar-refractivity contribution < 1.29 is 19.4 Å². The Morgan fingerprint density at radius 1 is 1.15 bits per heavy atom. The molecule has 9 heteroatoms. The van der Waals surface area contributed by atoms with E-state index in [1.807, 2.05) is 18.2 Å². The van der Waals surface area contributed by atoms with Crippen LogP contribution in [-0.2, 0) is 4.79 Å². The second kappa shape index (κ2) is 8.95. The number of fused-ring (bicyclic) bond motifs is 2. The number of rotatable bonds is 5. The number of aliphatic hydroxyl groups is 2. The number of aryl methyl sites for hydroxylation is 1. The fourth-order valence-corrected chi connectivity index (χ4v) is 6.51. The number of nitrogens with zero attached hydrogens (tertiary/aromatic N) is 4. The summed E-state index contributed by atoms with van der Waals surface area (Å²) in [5.74, 6) is 6.55. The molecule has 2 heterocycles. The van der Waals surface area contributed by atoms with Gasteiger partial charge in [0.15, 0.2) is 17.0 Å². The lowest BCUT2D eigenvalue weighted by molar-refractivity contribution is -0.128. The summed E-state index contributed by atoms with van der Waals surface area (Å²) in [6.45, 7) is 3.15. The number of imidazole rings is 1. The molecule has 3 N–H and O–H groups in total. The number of benzene rings is 2. The Hall–Kier alpha value is -4.13. The molecule has 0 aliphatic heterocycles. The topological polar surface area (TPSA) is 113 Å². The molecule has 4 aromatic rings. The number of carbonyl (C=O) groups is 1. The molecule has 2 aromatic carbocycles. The Balaban J connectivity index is 1.28. The minimum Gasteiger partial charge on any atom is -0.389 e. The molecule has 3 saturated carbocycles. The molecule has 0 saturated heterocycles. The largest absolute Gasteiger partial charge is 0.389 e. The third-order valence-electron chi connectivity index (χ3n) is 8.89. The molecule has 7 atom stereocenters. The van der Waals surface area contributed by atoms with Gasteiger partial charge in [-0.1, -0.05) is 36.3 Å². The number of hydrogen-bond donors (Lipinski definition) is 3. The average Bonchev–Trinajstić information content (AvgIpc) is 3.83. The minimum absolute atomic E-state index is 0.116. The van der Waals surface area contributed by atoms with Crippen molar-refractivity contribution >= 4 is 22.8 Å². The highest BCUT2D eigenvalue weighted by molar-refractivity contribution is 5.88. The van der Waals surface area contributed by atoms with Crippen molar-refractivity contribution in [3.05, 3.63) is 83.2 Å². The molecule has 0 spiro atoms. The molecule has 0 bridgehead atoms.